The van der Waals surface area contributed by atoms with Gasteiger partial charge in [0.25, 0.3) is 11.8 Å². The summed E-state index contributed by atoms with van der Waals surface area (Å²) < 4.78 is 10.8. The summed E-state index contributed by atoms with van der Waals surface area (Å²) in [6.45, 7) is 2.17. The van der Waals surface area contributed by atoms with Gasteiger partial charge in [-0.2, -0.15) is 0 Å². The Kier molecular flexibility index (Phi) is 5.56. The summed E-state index contributed by atoms with van der Waals surface area (Å²) in [5, 5.41) is 10.7. The number of carbonyl (C=O) groups excluding carboxylic acids is 3. The fourth-order valence-corrected chi connectivity index (χ4v) is 4.09. The largest absolute Gasteiger partial charge is 0.459 e. The minimum absolute atomic E-state index is 0.0924. The number of nitrogens with one attached hydrogen (secondary N) is 1. The lowest BCUT2D eigenvalue weighted by Crippen LogP contribution is -2.49. The third-order valence-corrected chi connectivity index (χ3v) is 5.62. The van der Waals surface area contributed by atoms with Crippen LogP contribution in [0, 0.1) is 0 Å². The molecule has 2 aromatic heterocycles. The van der Waals surface area contributed by atoms with E-state index in [-0.39, 0.29) is 36.7 Å². The molecule has 3 heterocycles. The Labute approximate surface area is 173 Å². The van der Waals surface area contributed by atoms with Gasteiger partial charge in [-0.1, -0.05) is 26.2 Å². The van der Waals surface area contributed by atoms with Crippen LogP contribution in [0.15, 0.2) is 27.2 Å². The van der Waals surface area contributed by atoms with Crippen molar-refractivity contribution in [2.75, 3.05) is 13.1 Å². The van der Waals surface area contributed by atoms with Crippen LogP contribution in [0.5, 0.6) is 0 Å². The van der Waals surface area contributed by atoms with Gasteiger partial charge in [-0.25, -0.2) is 4.79 Å². The number of amides is 4. The summed E-state index contributed by atoms with van der Waals surface area (Å²) in [6, 6.07) is 2.92. The molecule has 0 atom stereocenters. The molecule has 2 fully saturated rings. The van der Waals surface area contributed by atoms with E-state index in [0.717, 1.165) is 24.2 Å². The van der Waals surface area contributed by atoms with Crippen LogP contribution >= 0.6 is 0 Å². The zero-order valence-corrected chi connectivity index (χ0v) is 16.9. The quantitative estimate of drug-likeness (QED) is 0.689. The monoisotopic (exact) mass is 415 g/mol. The number of imide groups is 1. The number of urea groups is 1. The predicted octanol–water partition coefficient (Wildman–Crippen LogP) is 2.32. The number of nitrogens with zero attached hydrogens (tertiary/aromatic N) is 4. The van der Waals surface area contributed by atoms with E-state index in [9.17, 15) is 14.4 Å². The molecule has 30 heavy (non-hydrogen) atoms. The Bertz CT molecular complexity index is 916. The summed E-state index contributed by atoms with van der Waals surface area (Å²) in [5.74, 6) is 0.288. The van der Waals surface area contributed by atoms with Gasteiger partial charge < -0.3 is 19.1 Å². The summed E-state index contributed by atoms with van der Waals surface area (Å²) in [7, 11) is 0. The minimum atomic E-state index is -0.838. The van der Waals surface area contributed by atoms with Crippen LogP contribution < -0.4 is 5.32 Å². The van der Waals surface area contributed by atoms with E-state index in [0.29, 0.717) is 31.6 Å². The van der Waals surface area contributed by atoms with Gasteiger partial charge in [0.1, 0.15) is 12.1 Å². The highest BCUT2D eigenvalue weighted by atomic mass is 16.4. The number of rotatable bonds is 7. The smallest absolute Gasteiger partial charge is 0.325 e. The minimum Gasteiger partial charge on any atom is -0.459 e. The van der Waals surface area contributed by atoms with Crippen molar-refractivity contribution < 1.29 is 23.2 Å². The van der Waals surface area contributed by atoms with Crippen molar-refractivity contribution in [3.05, 3.63) is 24.3 Å². The van der Waals surface area contributed by atoms with Gasteiger partial charge in [0.15, 0.2) is 5.76 Å². The molecule has 0 unspecified atom stereocenters. The highest BCUT2D eigenvalue weighted by Gasteiger charge is 2.51. The van der Waals surface area contributed by atoms with Crippen LogP contribution in [0.4, 0.5) is 4.79 Å². The Morgan fingerprint density at radius 3 is 2.77 bits per heavy atom. The van der Waals surface area contributed by atoms with Crippen molar-refractivity contribution in [2.24, 2.45) is 0 Å². The molecule has 0 aromatic carbocycles. The maximum absolute atomic E-state index is 12.9. The van der Waals surface area contributed by atoms with Gasteiger partial charge >= 0.3 is 6.03 Å². The molecule has 2 aromatic rings. The van der Waals surface area contributed by atoms with Crippen LogP contribution in [0.1, 0.15) is 51.3 Å². The first kappa shape index (κ1) is 20.1. The van der Waals surface area contributed by atoms with Gasteiger partial charge in [0.2, 0.25) is 11.8 Å². The van der Waals surface area contributed by atoms with E-state index >= 15 is 0 Å². The van der Waals surface area contributed by atoms with Crippen LogP contribution in [-0.4, -0.2) is 56.5 Å². The van der Waals surface area contributed by atoms with Crippen molar-refractivity contribution in [3.63, 3.8) is 0 Å². The van der Waals surface area contributed by atoms with Crippen LogP contribution in [0.2, 0.25) is 0 Å². The zero-order valence-electron chi connectivity index (χ0n) is 16.9. The average molecular weight is 415 g/mol. The molecule has 1 spiro atoms. The van der Waals surface area contributed by atoms with E-state index in [1.54, 1.807) is 12.1 Å². The summed E-state index contributed by atoms with van der Waals surface area (Å²) in [5.41, 5.74) is -0.838. The number of carbonyl (C=O) groups is 3. The molecule has 1 aliphatic heterocycles. The maximum atomic E-state index is 12.9. The Morgan fingerprint density at radius 2 is 2.07 bits per heavy atom. The van der Waals surface area contributed by atoms with E-state index in [2.05, 4.69) is 15.5 Å². The summed E-state index contributed by atoms with van der Waals surface area (Å²) in [6.07, 6.45) is 6.30. The van der Waals surface area contributed by atoms with Gasteiger partial charge in [0.05, 0.1) is 12.8 Å². The normalized spacial score (nSPS) is 18.1. The second-order valence-corrected chi connectivity index (χ2v) is 7.76. The van der Waals surface area contributed by atoms with Gasteiger partial charge in [-0.05, 0) is 31.4 Å². The van der Waals surface area contributed by atoms with Crippen molar-refractivity contribution in [1.29, 1.82) is 0 Å². The lowest BCUT2D eigenvalue weighted by atomic mass is 9.82. The molecule has 10 nitrogen and oxygen atoms in total. The van der Waals surface area contributed by atoms with Gasteiger partial charge in [-0.15, -0.1) is 10.2 Å². The number of furan rings is 1. The fraction of sp³-hybridized carbons (Fsp3) is 0.550. The van der Waals surface area contributed by atoms with Gasteiger partial charge in [0, 0.05) is 6.54 Å². The Hall–Kier alpha value is -3.17. The van der Waals surface area contributed by atoms with Crippen LogP contribution in [0.25, 0.3) is 11.7 Å². The van der Waals surface area contributed by atoms with Crippen molar-refractivity contribution in [2.45, 2.75) is 57.5 Å². The second kappa shape index (κ2) is 8.29. The Balaban J connectivity index is 1.43. The maximum Gasteiger partial charge on any atom is 0.325 e. The average Bonchev–Trinajstić information content (AvgIpc) is 3.46. The zero-order chi connectivity index (χ0) is 21.1. The molecule has 10 heteroatoms. The third-order valence-electron chi connectivity index (χ3n) is 5.62. The van der Waals surface area contributed by atoms with Crippen molar-refractivity contribution in [3.8, 4) is 11.7 Å². The molecule has 0 bridgehead atoms. The first-order chi connectivity index (χ1) is 14.5. The molecule has 1 saturated heterocycles. The topological polar surface area (TPSA) is 122 Å². The summed E-state index contributed by atoms with van der Waals surface area (Å²) >= 11 is 0. The molecular weight excluding hydrogens is 390 g/mol. The SMILES string of the molecule is CCCN(Cc1nnc(-c2ccco2)o1)C(=O)CN1C(=O)NC2(CCCCC2)C1=O. The third kappa shape index (κ3) is 3.81. The molecule has 1 aliphatic carbocycles. The molecule has 4 amide bonds. The van der Waals surface area contributed by atoms with Crippen LogP contribution in [0.3, 0.4) is 0 Å². The molecule has 4 rings (SSSR count). The van der Waals surface area contributed by atoms with E-state index in [1.807, 2.05) is 6.92 Å². The molecule has 0 radical (unpaired) electrons. The summed E-state index contributed by atoms with van der Waals surface area (Å²) in [4.78, 5) is 40.9. The first-order valence-electron chi connectivity index (χ1n) is 10.3. The van der Waals surface area contributed by atoms with E-state index < -0.39 is 11.6 Å². The first-order valence-corrected chi connectivity index (χ1v) is 10.3. The molecular formula is C20H25N5O5. The van der Waals surface area contributed by atoms with Crippen molar-refractivity contribution >= 4 is 17.8 Å². The van der Waals surface area contributed by atoms with E-state index in [4.69, 9.17) is 8.83 Å². The van der Waals surface area contributed by atoms with E-state index in [1.165, 1.54) is 11.2 Å². The standard InChI is InChI=1S/C20H25N5O5/c1-2-10-24(12-15-22-23-17(30-15)14-7-6-11-29-14)16(26)13-25-18(27)20(21-19(25)28)8-4-3-5-9-20/h6-7,11H,2-5,8-10,12-13H2,1H3,(H,21,28). The van der Waals surface area contributed by atoms with Crippen molar-refractivity contribution in [1.82, 2.24) is 25.3 Å². The molecule has 1 N–H and O–H groups in total. The lowest BCUT2D eigenvalue weighted by molar-refractivity contribution is -0.140. The predicted molar refractivity (Wildman–Crippen MR) is 104 cm³/mol. The number of hydrogen-bond acceptors (Lipinski definition) is 7. The van der Waals surface area contributed by atoms with Gasteiger partial charge in [-0.3, -0.25) is 14.5 Å². The lowest BCUT2D eigenvalue weighted by Gasteiger charge is -2.30. The highest BCUT2D eigenvalue weighted by molar-refractivity contribution is 6.09. The molecule has 160 valence electrons. The molecule has 1 saturated carbocycles. The van der Waals surface area contributed by atoms with Crippen LogP contribution in [-0.2, 0) is 16.1 Å². The number of hydrogen-bond donors (Lipinski definition) is 1. The number of aromatic nitrogens is 2. The molecule has 2 aliphatic rings. The fourth-order valence-electron chi connectivity index (χ4n) is 4.09. The second-order valence-electron chi connectivity index (χ2n) is 7.76. The highest BCUT2D eigenvalue weighted by Crippen LogP contribution is 2.33. The Morgan fingerprint density at radius 1 is 1.27 bits per heavy atom.